The molecule has 1 aliphatic heterocycles. The molecule has 2 aromatic carbocycles. The molecule has 1 fully saturated rings. The lowest BCUT2D eigenvalue weighted by molar-refractivity contribution is -0.122. The number of Topliss-reactive ketones (excluding diaryl/α,β-unsaturated/α-hetero) is 1. The van der Waals surface area contributed by atoms with Crippen molar-refractivity contribution in [3.05, 3.63) is 68.7 Å². The highest BCUT2D eigenvalue weighted by Gasteiger charge is 2.39. The Bertz CT molecular complexity index is 899. The Morgan fingerprint density at radius 1 is 1.11 bits per heavy atom. The van der Waals surface area contributed by atoms with Crippen molar-refractivity contribution in [1.29, 1.82) is 0 Å². The minimum Gasteiger partial charge on any atom is -0.325 e. The molecule has 0 saturated carbocycles. The van der Waals surface area contributed by atoms with E-state index in [2.05, 4.69) is 21.2 Å². The van der Waals surface area contributed by atoms with Gasteiger partial charge in [0.15, 0.2) is 5.78 Å². The lowest BCUT2D eigenvalue weighted by atomic mass is 9.92. The Labute approximate surface area is 183 Å². The summed E-state index contributed by atoms with van der Waals surface area (Å²) in [6.07, 6.45) is 0. The number of amides is 1. The molecule has 0 bridgehead atoms. The predicted molar refractivity (Wildman–Crippen MR) is 117 cm³/mol. The van der Waals surface area contributed by atoms with Crippen LogP contribution in [0.1, 0.15) is 33.1 Å². The van der Waals surface area contributed by atoms with Crippen LogP contribution >= 0.6 is 39.1 Å². The second kappa shape index (κ2) is 8.95. The Balaban J connectivity index is 2.00. The molecule has 0 spiro atoms. The predicted octanol–water partition coefficient (Wildman–Crippen LogP) is 4.73. The van der Waals surface area contributed by atoms with Gasteiger partial charge in [0.2, 0.25) is 0 Å². The average molecular weight is 484 g/mol. The zero-order chi connectivity index (χ0) is 20.4. The van der Waals surface area contributed by atoms with E-state index in [1.165, 1.54) is 0 Å². The number of ketones is 1. The smallest absolute Gasteiger partial charge is 0.254 e. The molecule has 1 saturated heterocycles. The number of nitrogens with one attached hydrogen (secondary N) is 1. The molecule has 2 aromatic rings. The first-order valence-electron chi connectivity index (χ1n) is 8.98. The number of nitrogens with zero attached hydrogens (tertiary/aromatic N) is 1. The number of piperazine rings is 1. The van der Waals surface area contributed by atoms with Crippen molar-refractivity contribution in [3.63, 3.8) is 0 Å². The van der Waals surface area contributed by atoms with Gasteiger partial charge in [-0.05, 0) is 43.7 Å². The molecule has 148 valence electrons. The number of halogens is 3. The number of carbonyl (C=O) groups is 2. The number of hydrogen-bond donors (Lipinski definition) is 1. The molecule has 4 nitrogen and oxygen atoms in total. The fourth-order valence-electron chi connectivity index (χ4n) is 3.71. The van der Waals surface area contributed by atoms with Crippen molar-refractivity contribution >= 4 is 50.8 Å². The monoisotopic (exact) mass is 482 g/mol. The Morgan fingerprint density at radius 2 is 1.79 bits per heavy atom. The maximum absolute atomic E-state index is 13.3. The van der Waals surface area contributed by atoms with Gasteiger partial charge in [-0.1, -0.05) is 62.4 Å². The standard InChI is InChI=1S/C21H21BrCl2N2O2/c1-12-7-13(2)9-15(8-12)21(28)26-6-5-25-19(20(26)18(27)11-22)14-3-4-16(23)17(24)10-14/h3-4,7-10,19-20,25H,5-6,11H2,1-2H3. The third-order valence-electron chi connectivity index (χ3n) is 4.86. The van der Waals surface area contributed by atoms with E-state index >= 15 is 0 Å². The normalized spacial score (nSPS) is 19.5. The van der Waals surface area contributed by atoms with E-state index < -0.39 is 6.04 Å². The number of benzene rings is 2. The molecule has 1 N–H and O–H groups in total. The Morgan fingerprint density at radius 3 is 2.39 bits per heavy atom. The van der Waals surface area contributed by atoms with Crippen molar-refractivity contribution < 1.29 is 9.59 Å². The summed E-state index contributed by atoms with van der Waals surface area (Å²) in [6, 6.07) is 10.0. The summed E-state index contributed by atoms with van der Waals surface area (Å²) in [7, 11) is 0. The molecule has 3 rings (SSSR count). The Hall–Kier alpha value is -1.40. The van der Waals surface area contributed by atoms with E-state index in [1.54, 1.807) is 17.0 Å². The number of alkyl halides is 1. The highest BCUT2D eigenvalue weighted by atomic mass is 79.9. The van der Waals surface area contributed by atoms with Gasteiger partial charge in [0, 0.05) is 18.7 Å². The van der Waals surface area contributed by atoms with E-state index in [1.807, 2.05) is 38.1 Å². The van der Waals surface area contributed by atoms with Gasteiger partial charge in [0.05, 0.1) is 21.4 Å². The van der Waals surface area contributed by atoms with Crippen molar-refractivity contribution in [2.45, 2.75) is 25.9 Å². The van der Waals surface area contributed by atoms with Crippen LogP contribution in [0.4, 0.5) is 0 Å². The summed E-state index contributed by atoms with van der Waals surface area (Å²) in [5.74, 6) is -0.210. The molecule has 1 aliphatic rings. The van der Waals surface area contributed by atoms with Gasteiger partial charge in [-0.25, -0.2) is 0 Å². The average Bonchev–Trinajstić information content (AvgIpc) is 2.67. The number of hydrogen-bond acceptors (Lipinski definition) is 3. The van der Waals surface area contributed by atoms with Gasteiger partial charge in [-0.3, -0.25) is 9.59 Å². The van der Waals surface area contributed by atoms with E-state index in [0.29, 0.717) is 28.7 Å². The zero-order valence-corrected chi connectivity index (χ0v) is 18.7. The van der Waals surface area contributed by atoms with Gasteiger partial charge >= 0.3 is 0 Å². The summed E-state index contributed by atoms with van der Waals surface area (Å²) in [4.78, 5) is 27.8. The third kappa shape index (κ3) is 4.43. The molecule has 28 heavy (non-hydrogen) atoms. The van der Waals surface area contributed by atoms with Gasteiger partial charge < -0.3 is 10.2 Å². The molecular weight excluding hydrogens is 463 g/mol. The fraction of sp³-hybridized carbons (Fsp3) is 0.333. The molecule has 0 aliphatic carbocycles. The molecule has 1 amide bonds. The van der Waals surface area contributed by atoms with Crippen LogP contribution in [0.25, 0.3) is 0 Å². The van der Waals surface area contributed by atoms with Crippen LogP contribution in [0.2, 0.25) is 10.0 Å². The highest BCUT2D eigenvalue weighted by Crippen LogP contribution is 2.31. The number of rotatable bonds is 4. The topological polar surface area (TPSA) is 49.4 Å². The number of carbonyl (C=O) groups excluding carboxylic acids is 2. The first-order chi connectivity index (χ1) is 13.3. The van der Waals surface area contributed by atoms with E-state index in [0.717, 1.165) is 16.7 Å². The minimum absolute atomic E-state index is 0.0685. The van der Waals surface area contributed by atoms with Crippen molar-refractivity contribution in [2.24, 2.45) is 0 Å². The molecular formula is C21H21BrCl2N2O2. The van der Waals surface area contributed by atoms with Crippen molar-refractivity contribution in [1.82, 2.24) is 10.2 Å². The first-order valence-corrected chi connectivity index (χ1v) is 10.9. The van der Waals surface area contributed by atoms with Gasteiger partial charge in [-0.2, -0.15) is 0 Å². The quantitative estimate of drug-likeness (QED) is 0.639. The van der Waals surface area contributed by atoms with Crippen LogP contribution in [-0.4, -0.2) is 41.1 Å². The van der Waals surface area contributed by atoms with E-state index in [-0.39, 0.29) is 23.1 Å². The van der Waals surface area contributed by atoms with Crippen molar-refractivity contribution in [3.8, 4) is 0 Å². The summed E-state index contributed by atoms with van der Waals surface area (Å²) in [6.45, 7) is 4.95. The SMILES string of the molecule is Cc1cc(C)cc(C(=O)N2CCNC(c3ccc(Cl)c(Cl)c3)C2C(=O)CBr)c1. The molecule has 2 atom stereocenters. The van der Waals surface area contributed by atoms with Crippen LogP contribution in [0.5, 0.6) is 0 Å². The van der Waals surface area contributed by atoms with Crippen LogP contribution < -0.4 is 5.32 Å². The molecule has 1 heterocycles. The molecule has 7 heteroatoms. The van der Waals surface area contributed by atoms with Gasteiger partial charge in [0.1, 0.15) is 6.04 Å². The maximum Gasteiger partial charge on any atom is 0.254 e. The van der Waals surface area contributed by atoms with E-state index in [9.17, 15) is 9.59 Å². The summed E-state index contributed by atoms with van der Waals surface area (Å²) in [5, 5.41) is 4.40. The van der Waals surface area contributed by atoms with Crippen molar-refractivity contribution in [2.75, 3.05) is 18.4 Å². The Kier molecular flexibility index (Phi) is 6.81. The third-order valence-corrected chi connectivity index (χ3v) is 6.15. The molecule has 0 radical (unpaired) electrons. The second-order valence-electron chi connectivity index (χ2n) is 7.03. The lowest BCUT2D eigenvalue weighted by Crippen LogP contribution is -2.58. The molecule has 0 aromatic heterocycles. The van der Waals surface area contributed by atoms with Gasteiger partial charge in [-0.15, -0.1) is 0 Å². The zero-order valence-electron chi connectivity index (χ0n) is 15.6. The summed E-state index contributed by atoms with van der Waals surface area (Å²) >= 11 is 15.5. The second-order valence-corrected chi connectivity index (χ2v) is 8.40. The fourth-order valence-corrected chi connectivity index (χ4v) is 4.35. The summed E-state index contributed by atoms with van der Waals surface area (Å²) in [5.41, 5.74) is 3.46. The largest absolute Gasteiger partial charge is 0.325 e. The lowest BCUT2D eigenvalue weighted by Gasteiger charge is -2.41. The number of aryl methyl sites for hydroxylation is 2. The van der Waals surface area contributed by atoms with Crippen LogP contribution in [0.15, 0.2) is 36.4 Å². The van der Waals surface area contributed by atoms with Crippen LogP contribution in [-0.2, 0) is 4.79 Å². The van der Waals surface area contributed by atoms with Crippen LogP contribution in [0.3, 0.4) is 0 Å². The van der Waals surface area contributed by atoms with Gasteiger partial charge in [0.25, 0.3) is 5.91 Å². The van der Waals surface area contributed by atoms with Crippen LogP contribution in [0, 0.1) is 13.8 Å². The first kappa shape index (κ1) is 21.3. The summed E-state index contributed by atoms with van der Waals surface area (Å²) < 4.78 is 0. The molecule has 2 unspecified atom stereocenters. The minimum atomic E-state index is -0.640. The van der Waals surface area contributed by atoms with E-state index in [4.69, 9.17) is 23.2 Å². The highest BCUT2D eigenvalue weighted by molar-refractivity contribution is 9.09. The maximum atomic E-state index is 13.3.